The summed E-state index contributed by atoms with van der Waals surface area (Å²) >= 11 is 0. The molecule has 0 spiro atoms. The van der Waals surface area contributed by atoms with Crippen LogP contribution in [0.15, 0.2) is 0 Å². The van der Waals surface area contributed by atoms with Gasteiger partial charge in [-0.3, -0.25) is 4.79 Å². The Hall–Kier alpha value is -0.530. The highest BCUT2D eigenvalue weighted by molar-refractivity contribution is 5.76. The van der Waals surface area contributed by atoms with E-state index in [1.165, 1.54) is 12.8 Å². The van der Waals surface area contributed by atoms with E-state index in [-0.39, 0.29) is 0 Å². The molecule has 0 aromatic carbocycles. The lowest BCUT2D eigenvalue weighted by molar-refractivity contribution is -0.131. The Kier molecular flexibility index (Phi) is 2.92. The van der Waals surface area contributed by atoms with Crippen LogP contribution in [-0.2, 0) is 4.79 Å². The normalized spacial score (nSPS) is 24.2. The fourth-order valence-corrected chi connectivity index (χ4v) is 1.66. The van der Waals surface area contributed by atoms with Crippen LogP contribution in [0.4, 0.5) is 0 Å². The third-order valence-corrected chi connectivity index (χ3v) is 2.34. The minimum atomic E-state index is 0.345. The maximum absolute atomic E-state index is 11.4. The van der Waals surface area contributed by atoms with Crippen molar-refractivity contribution in [3.8, 4) is 0 Å². The van der Waals surface area contributed by atoms with Gasteiger partial charge in [0, 0.05) is 19.0 Å². The van der Waals surface area contributed by atoms with E-state index in [9.17, 15) is 4.79 Å². The van der Waals surface area contributed by atoms with Gasteiger partial charge in [-0.15, -0.1) is 0 Å². The van der Waals surface area contributed by atoms with Crippen LogP contribution in [0.3, 0.4) is 0 Å². The molecule has 1 heterocycles. The van der Waals surface area contributed by atoms with Crippen LogP contribution >= 0.6 is 0 Å². The maximum Gasteiger partial charge on any atom is 0.222 e. The molecular weight excluding hydrogens is 138 g/mol. The molecule has 1 aliphatic rings. The number of hydrogen-bond acceptors (Lipinski definition) is 1. The number of amides is 1. The summed E-state index contributed by atoms with van der Waals surface area (Å²) in [6.07, 6.45) is 4.08. The lowest BCUT2D eigenvalue weighted by Gasteiger charge is -2.20. The molecule has 11 heavy (non-hydrogen) atoms. The van der Waals surface area contributed by atoms with Crippen molar-refractivity contribution in [1.82, 2.24) is 4.90 Å². The molecule has 2 nitrogen and oxygen atoms in total. The second-order valence-corrected chi connectivity index (χ2v) is 3.33. The first kappa shape index (κ1) is 8.57. The van der Waals surface area contributed by atoms with Crippen molar-refractivity contribution in [2.45, 2.75) is 45.6 Å². The highest BCUT2D eigenvalue weighted by Gasteiger charge is 2.23. The number of carbonyl (C=O) groups is 1. The van der Waals surface area contributed by atoms with E-state index >= 15 is 0 Å². The second-order valence-electron chi connectivity index (χ2n) is 3.33. The molecule has 1 rings (SSSR count). The third-order valence-electron chi connectivity index (χ3n) is 2.34. The van der Waals surface area contributed by atoms with Gasteiger partial charge in [0.05, 0.1) is 0 Å². The van der Waals surface area contributed by atoms with E-state index < -0.39 is 0 Å². The summed E-state index contributed by atoms with van der Waals surface area (Å²) in [5.74, 6) is 0.345. The molecule has 0 saturated carbocycles. The lowest BCUT2D eigenvalue weighted by atomic mass is 10.2. The molecule has 0 unspecified atom stereocenters. The molecule has 0 aromatic rings. The number of carbonyl (C=O) groups excluding carboxylic acids is 1. The van der Waals surface area contributed by atoms with Gasteiger partial charge >= 0.3 is 0 Å². The molecule has 1 fully saturated rings. The second kappa shape index (κ2) is 3.74. The average Bonchev–Trinajstić information content (AvgIpc) is 2.36. The van der Waals surface area contributed by atoms with Gasteiger partial charge in [-0.25, -0.2) is 0 Å². The summed E-state index contributed by atoms with van der Waals surface area (Å²) in [5.41, 5.74) is 0. The summed E-state index contributed by atoms with van der Waals surface area (Å²) in [5, 5.41) is 0. The Labute approximate surface area is 68.6 Å². The van der Waals surface area contributed by atoms with Gasteiger partial charge in [-0.05, 0) is 26.2 Å². The molecule has 0 N–H and O–H groups in total. The molecule has 1 atom stereocenters. The summed E-state index contributed by atoms with van der Waals surface area (Å²) in [7, 11) is 0. The van der Waals surface area contributed by atoms with Crippen LogP contribution in [0.1, 0.15) is 39.5 Å². The Balaban J connectivity index is 2.39. The standard InChI is InChI=1S/C9H17NO/c1-3-5-9(11)10-7-4-6-8(10)2/h8H,3-7H2,1-2H3/t8-/m1/s1. The van der Waals surface area contributed by atoms with Crippen molar-refractivity contribution in [2.75, 3.05) is 6.54 Å². The maximum atomic E-state index is 11.4. The quantitative estimate of drug-likeness (QED) is 0.595. The Morgan fingerprint density at radius 1 is 1.64 bits per heavy atom. The van der Waals surface area contributed by atoms with E-state index in [0.29, 0.717) is 11.9 Å². The third kappa shape index (κ3) is 1.95. The Morgan fingerprint density at radius 3 is 2.82 bits per heavy atom. The van der Waals surface area contributed by atoms with Crippen LogP contribution in [0.5, 0.6) is 0 Å². The topological polar surface area (TPSA) is 20.3 Å². The molecule has 0 aromatic heterocycles. The van der Waals surface area contributed by atoms with Gasteiger partial charge < -0.3 is 4.90 Å². The van der Waals surface area contributed by atoms with Gasteiger partial charge in [-0.1, -0.05) is 6.92 Å². The molecule has 64 valence electrons. The molecule has 0 aliphatic carbocycles. The molecule has 0 radical (unpaired) electrons. The fourth-order valence-electron chi connectivity index (χ4n) is 1.66. The van der Waals surface area contributed by atoms with Crippen molar-refractivity contribution in [3.63, 3.8) is 0 Å². The smallest absolute Gasteiger partial charge is 0.222 e. The van der Waals surface area contributed by atoms with E-state index in [1.807, 2.05) is 4.90 Å². The first-order valence-corrected chi connectivity index (χ1v) is 4.55. The van der Waals surface area contributed by atoms with Gasteiger partial charge in [0.25, 0.3) is 0 Å². The lowest BCUT2D eigenvalue weighted by Crippen LogP contribution is -2.33. The number of likely N-dealkylation sites (tertiary alicyclic amines) is 1. The minimum absolute atomic E-state index is 0.345. The Morgan fingerprint density at radius 2 is 2.36 bits per heavy atom. The zero-order valence-electron chi connectivity index (χ0n) is 7.47. The highest BCUT2D eigenvalue weighted by atomic mass is 16.2. The number of rotatable bonds is 2. The van der Waals surface area contributed by atoms with Crippen molar-refractivity contribution in [1.29, 1.82) is 0 Å². The fraction of sp³-hybridized carbons (Fsp3) is 0.889. The minimum Gasteiger partial charge on any atom is -0.340 e. The predicted molar refractivity (Wildman–Crippen MR) is 45.3 cm³/mol. The van der Waals surface area contributed by atoms with Gasteiger partial charge in [0.15, 0.2) is 0 Å². The molecular formula is C9H17NO. The summed E-state index contributed by atoms with van der Waals surface area (Å²) in [4.78, 5) is 13.4. The first-order valence-electron chi connectivity index (χ1n) is 4.55. The van der Waals surface area contributed by atoms with E-state index in [0.717, 1.165) is 19.4 Å². The molecule has 2 heteroatoms. The zero-order valence-corrected chi connectivity index (χ0v) is 7.47. The van der Waals surface area contributed by atoms with Crippen LogP contribution in [0, 0.1) is 0 Å². The molecule has 1 amide bonds. The zero-order chi connectivity index (χ0) is 8.27. The summed E-state index contributed by atoms with van der Waals surface area (Å²) in [6.45, 7) is 5.18. The predicted octanol–water partition coefficient (Wildman–Crippen LogP) is 1.80. The van der Waals surface area contributed by atoms with E-state index in [4.69, 9.17) is 0 Å². The number of nitrogens with zero attached hydrogens (tertiary/aromatic N) is 1. The highest BCUT2D eigenvalue weighted by Crippen LogP contribution is 2.17. The van der Waals surface area contributed by atoms with Crippen molar-refractivity contribution in [3.05, 3.63) is 0 Å². The van der Waals surface area contributed by atoms with Crippen LogP contribution in [0.2, 0.25) is 0 Å². The van der Waals surface area contributed by atoms with Crippen LogP contribution < -0.4 is 0 Å². The van der Waals surface area contributed by atoms with E-state index in [1.54, 1.807) is 0 Å². The average molecular weight is 155 g/mol. The van der Waals surface area contributed by atoms with Crippen molar-refractivity contribution in [2.24, 2.45) is 0 Å². The van der Waals surface area contributed by atoms with E-state index in [2.05, 4.69) is 13.8 Å². The molecule has 1 aliphatic heterocycles. The summed E-state index contributed by atoms with van der Waals surface area (Å²) < 4.78 is 0. The van der Waals surface area contributed by atoms with Gasteiger partial charge in [0.2, 0.25) is 5.91 Å². The van der Waals surface area contributed by atoms with Crippen LogP contribution in [0.25, 0.3) is 0 Å². The Bertz CT molecular complexity index is 144. The van der Waals surface area contributed by atoms with Crippen molar-refractivity contribution >= 4 is 5.91 Å². The summed E-state index contributed by atoms with van der Waals surface area (Å²) in [6, 6.07) is 0.494. The molecule has 1 saturated heterocycles. The first-order chi connectivity index (χ1) is 5.25. The van der Waals surface area contributed by atoms with Crippen LogP contribution in [-0.4, -0.2) is 23.4 Å². The van der Waals surface area contributed by atoms with Crippen molar-refractivity contribution < 1.29 is 4.79 Å². The SMILES string of the molecule is CCCC(=O)N1CCC[C@H]1C. The largest absolute Gasteiger partial charge is 0.340 e. The monoisotopic (exact) mass is 155 g/mol. The van der Waals surface area contributed by atoms with Gasteiger partial charge in [-0.2, -0.15) is 0 Å². The van der Waals surface area contributed by atoms with Gasteiger partial charge in [0.1, 0.15) is 0 Å². The molecule has 0 bridgehead atoms. The number of hydrogen-bond donors (Lipinski definition) is 0.